The Morgan fingerprint density at radius 1 is 1.07 bits per heavy atom. The van der Waals surface area contributed by atoms with Crippen molar-refractivity contribution in [1.29, 1.82) is 0 Å². The van der Waals surface area contributed by atoms with Gasteiger partial charge < -0.3 is 20.8 Å². The van der Waals surface area contributed by atoms with E-state index < -0.39 is 35.7 Å². The van der Waals surface area contributed by atoms with Gasteiger partial charge in [0.15, 0.2) is 0 Å². The Morgan fingerprint density at radius 3 is 2.47 bits per heavy atom. The summed E-state index contributed by atoms with van der Waals surface area (Å²) in [5.74, 6) is -0.475. The van der Waals surface area contributed by atoms with Gasteiger partial charge in [0.05, 0.1) is 28.3 Å². The molecule has 1 aliphatic carbocycles. The number of β-amino-alcohol motifs (C(OH)–C–C–N with tert-alkyl or cyclic N) is 1. The van der Waals surface area contributed by atoms with Crippen LogP contribution in [0.15, 0.2) is 40.9 Å². The van der Waals surface area contributed by atoms with E-state index in [1.54, 1.807) is 6.07 Å². The minimum absolute atomic E-state index is 0.0925. The van der Waals surface area contributed by atoms with Crippen LogP contribution in [0.25, 0.3) is 0 Å². The third-order valence-electron chi connectivity index (χ3n) is 8.45. The molecule has 5 atom stereocenters. The van der Waals surface area contributed by atoms with Crippen LogP contribution in [0.1, 0.15) is 70.2 Å². The number of hydrogen-bond acceptors (Lipinski definition) is 6. The molecule has 0 saturated carbocycles. The van der Waals surface area contributed by atoms with Crippen molar-refractivity contribution in [1.82, 2.24) is 20.4 Å². The van der Waals surface area contributed by atoms with Crippen molar-refractivity contribution in [3.05, 3.63) is 67.6 Å². The molecule has 1 aliphatic heterocycles. The maximum Gasteiger partial charge on any atom is 0.239 e. The van der Waals surface area contributed by atoms with E-state index in [4.69, 9.17) is 23.2 Å². The molecular weight excluding hydrogens is 679 g/mol. The van der Waals surface area contributed by atoms with Gasteiger partial charge in [-0.1, -0.05) is 65.1 Å². The van der Waals surface area contributed by atoms with Crippen LogP contribution in [-0.4, -0.2) is 81.8 Å². The molecule has 2 amide bonds. The average Bonchev–Trinajstić information content (AvgIpc) is 3.23. The van der Waals surface area contributed by atoms with Gasteiger partial charge in [0.2, 0.25) is 11.8 Å². The lowest BCUT2D eigenvalue weighted by molar-refractivity contribution is -0.132. The average molecular weight is 727 g/mol. The zero-order chi connectivity index (χ0) is 33.1. The Balaban J connectivity index is 1.44. The molecule has 0 spiro atoms. The van der Waals surface area contributed by atoms with Gasteiger partial charge in [0, 0.05) is 55.1 Å². The van der Waals surface area contributed by atoms with E-state index >= 15 is 0 Å². The van der Waals surface area contributed by atoms with Crippen LogP contribution in [0.3, 0.4) is 0 Å². The SMILES string of the molecule is CC(C)C[C@H](C[C@H](O)CN1CCN(Cc2ccc(Cl)c(Cl)c2)C[C@H]1C(=O)NC(C)(C)C)C(=O)N[C@H]1c2cc(Br)ccc2C[C@H]1O. The van der Waals surface area contributed by atoms with Gasteiger partial charge in [-0.15, -0.1) is 0 Å². The van der Waals surface area contributed by atoms with Crippen LogP contribution < -0.4 is 10.6 Å². The van der Waals surface area contributed by atoms with E-state index in [0.717, 1.165) is 21.2 Å². The number of halogens is 3. The number of benzene rings is 2. The number of carbonyl (C=O) groups excluding carboxylic acids is 2. The summed E-state index contributed by atoms with van der Waals surface area (Å²) in [6, 6.07) is 10.5. The molecule has 4 rings (SSSR count). The number of carbonyl (C=O) groups is 2. The molecule has 248 valence electrons. The zero-order valence-corrected chi connectivity index (χ0v) is 29.9. The standard InChI is InChI=1S/C34H47BrCl2N4O4/c1-20(2)12-23(32(44)38-31-26-16-24(35)8-7-22(26)15-30(31)43)14-25(42)18-41-11-10-40(17-21-6-9-27(36)28(37)13-21)19-29(41)33(45)39-34(3,4)5/h6-9,13,16,20,23,25,29-31,42-43H,10-12,14-15,17-19H2,1-5H3,(H,38,44)(H,39,45)/t23-,25+,29+,30-,31+/m1/s1. The summed E-state index contributed by atoms with van der Waals surface area (Å²) in [5, 5.41) is 29.4. The van der Waals surface area contributed by atoms with E-state index in [9.17, 15) is 19.8 Å². The number of nitrogens with one attached hydrogen (secondary N) is 2. The number of aliphatic hydroxyl groups is 2. The Hall–Kier alpha value is -1.72. The Bertz CT molecular complexity index is 1350. The summed E-state index contributed by atoms with van der Waals surface area (Å²) < 4.78 is 0.894. The van der Waals surface area contributed by atoms with Crippen LogP contribution in [0, 0.1) is 11.8 Å². The fourth-order valence-corrected chi connectivity index (χ4v) is 7.13. The topological polar surface area (TPSA) is 105 Å². The van der Waals surface area contributed by atoms with Crippen LogP contribution >= 0.6 is 39.1 Å². The van der Waals surface area contributed by atoms with Gasteiger partial charge in [-0.05, 0) is 80.5 Å². The van der Waals surface area contributed by atoms with Crippen molar-refractivity contribution in [3.63, 3.8) is 0 Å². The molecule has 4 N–H and O–H groups in total. The molecule has 1 fully saturated rings. The summed E-state index contributed by atoms with van der Waals surface area (Å²) in [7, 11) is 0. The Labute approximate surface area is 286 Å². The van der Waals surface area contributed by atoms with Crippen LogP contribution in [0.5, 0.6) is 0 Å². The van der Waals surface area contributed by atoms with E-state index in [1.165, 1.54) is 0 Å². The smallest absolute Gasteiger partial charge is 0.239 e. The molecule has 2 aliphatic rings. The van der Waals surface area contributed by atoms with Crippen molar-refractivity contribution < 1.29 is 19.8 Å². The van der Waals surface area contributed by atoms with E-state index in [-0.39, 0.29) is 30.7 Å². The summed E-state index contributed by atoms with van der Waals surface area (Å²) in [5.41, 5.74) is 2.54. The molecular formula is C34H47BrCl2N4O4. The van der Waals surface area contributed by atoms with Gasteiger partial charge in [-0.25, -0.2) is 0 Å². The molecule has 11 heteroatoms. The zero-order valence-electron chi connectivity index (χ0n) is 26.8. The lowest BCUT2D eigenvalue weighted by Gasteiger charge is -2.42. The summed E-state index contributed by atoms with van der Waals surface area (Å²) in [4.78, 5) is 31.4. The van der Waals surface area contributed by atoms with Crippen LogP contribution in [-0.2, 0) is 22.6 Å². The first-order valence-electron chi connectivity index (χ1n) is 15.8. The largest absolute Gasteiger partial charge is 0.392 e. The first kappa shape index (κ1) is 36.1. The molecule has 0 unspecified atom stereocenters. The quantitative estimate of drug-likeness (QED) is 0.249. The molecule has 0 aromatic heterocycles. The molecule has 2 aromatic carbocycles. The number of rotatable bonds is 11. The summed E-state index contributed by atoms with van der Waals surface area (Å²) >= 11 is 15.9. The monoisotopic (exact) mass is 724 g/mol. The first-order valence-corrected chi connectivity index (χ1v) is 17.3. The van der Waals surface area contributed by atoms with Gasteiger partial charge in [0.25, 0.3) is 0 Å². The van der Waals surface area contributed by atoms with Gasteiger partial charge >= 0.3 is 0 Å². The van der Waals surface area contributed by atoms with E-state index in [2.05, 4.69) is 45.3 Å². The van der Waals surface area contributed by atoms with Gasteiger partial charge in [0.1, 0.15) is 6.04 Å². The fourth-order valence-electron chi connectivity index (χ4n) is 6.43. The predicted octanol–water partition coefficient (Wildman–Crippen LogP) is 5.34. The van der Waals surface area contributed by atoms with Crippen LogP contribution in [0.4, 0.5) is 0 Å². The third-order valence-corrected chi connectivity index (χ3v) is 9.68. The minimum Gasteiger partial charge on any atom is -0.392 e. The van der Waals surface area contributed by atoms with E-state index in [1.807, 2.05) is 56.0 Å². The number of nitrogens with zero attached hydrogens (tertiary/aromatic N) is 2. The predicted molar refractivity (Wildman–Crippen MR) is 183 cm³/mol. The van der Waals surface area contributed by atoms with E-state index in [0.29, 0.717) is 49.1 Å². The molecule has 8 nitrogen and oxygen atoms in total. The maximum atomic E-state index is 13.6. The number of amides is 2. The first-order chi connectivity index (χ1) is 21.1. The highest BCUT2D eigenvalue weighted by atomic mass is 79.9. The van der Waals surface area contributed by atoms with Crippen molar-refractivity contribution in [2.75, 3.05) is 26.2 Å². The highest BCUT2D eigenvalue weighted by Crippen LogP contribution is 2.34. The second-order valence-electron chi connectivity index (χ2n) is 14.1. The third kappa shape index (κ3) is 10.1. The van der Waals surface area contributed by atoms with Crippen molar-refractivity contribution in [3.8, 4) is 0 Å². The van der Waals surface area contributed by atoms with Gasteiger partial charge in [-0.3, -0.25) is 19.4 Å². The molecule has 1 heterocycles. The molecule has 0 bridgehead atoms. The molecule has 0 radical (unpaired) electrons. The second kappa shape index (κ2) is 15.5. The number of piperazine rings is 1. The van der Waals surface area contributed by atoms with Crippen molar-refractivity contribution >= 4 is 50.9 Å². The minimum atomic E-state index is -0.819. The highest BCUT2D eigenvalue weighted by molar-refractivity contribution is 9.10. The molecule has 1 saturated heterocycles. The van der Waals surface area contributed by atoms with Crippen LogP contribution in [0.2, 0.25) is 10.0 Å². The molecule has 45 heavy (non-hydrogen) atoms. The van der Waals surface area contributed by atoms with Crippen molar-refractivity contribution in [2.24, 2.45) is 11.8 Å². The number of fused-ring (bicyclic) bond motifs is 1. The lowest BCUT2D eigenvalue weighted by atomic mass is 9.90. The lowest BCUT2D eigenvalue weighted by Crippen LogP contribution is -2.61. The normalized spacial score (nSPS) is 22.2. The van der Waals surface area contributed by atoms with Gasteiger partial charge in [-0.2, -0.15) is 0 Å². The highest BCUT2D eigenvalue weighted by Gasteiger charge is 2.37. The molecule has 2 aromatic rings. The number of hydrogen-bond donors (Lipinski definition) is 4. The number of aliphatic hydroxyl groups excluding tert-OH is 2. The Kier molecular flexibility index (Phi) is 12.4. The summed E-state index contributed by atoms with van der Waals surface area (Å²) in [6.45, 7) is 12.6. The summed E-state index contributed by atoms with van der Waals surface area (Å²) in [6.07, 6.45) is -0.177. The fraction of sp³-hybridized carbons (Fsp3) is 0.588. The second-order valence-corrected chi connectivity index (χ2v) is 15.8. The Morgan fingerprint density at radius 2 is 1.80 bits per heavy atom. The van der Waals surface area contributed by atoms with Crippen molar-refractivity contribution in [2.45, 2.75) is 90.3 Å². The maximum absolute atomic E-state index is 13.6.